The van der Waals surface area contributed by atoms with Gasteiger partial charge in [0.15, 0.2) is 5.96 Å². The first kappa shape index (κ1) is 9.77. The highest BCUT2D eigenvalue weighted by molar-refractivity contribution is 5.81. The molecular weight excluding hydrogens is 178 g/mol. The zero-order valence-electron chi connectivity index (χ0n) is 8.59. The van der Waals surface area contributed by atoms with Crippen molar-refractivity contribution in [3.8, 4) is 0 Å². The number of hydrogen-bond acceptors (Lipinski definition) is 4. The maximum atomic E-state index is 5.64. The normalized spacial score (nSPS) is 26.9. The standard InChI is InChI=1S/C10H19N3O/c1-2-8-14-9(3-1)4-5-11-10-12-6-7-13-10/h9H,1-8H2,(H2,11,12,13). The van der Waals surface area contributed by atoms with Crippen LogP contribution >= 0.6 is 0 Å². The molecule has 1 fully saturated rings. The second-order valence-electron chi connectivity index (χ2n) is 3.86. The molecule has 0 aromatic heterocycles. The van der Waals surface area contributed by atoms with Gasteiger partial charge >= 0.3 is 0 Å². The Labute approximate surface area is 85.1 Å². The fraction of sp³-hybridized carbons (Fsp3) is 0.900. The van der Waals surface area contributed by atoms with Crippen molar-refractivity contribution in [2.24, 2.45) is 4.99 Å². The maximum Gasteiger partial charge on any atom is 0.191 e. The van der Waals surface area contributed by atoms with Crippen molar-refractivity contribution < 1.29 is 4.74 Å². The highest BCUT2D eigenvalue weighted by Gasteiger charge is 2.13. The third-order valence-corrected chi connectivity index (χ3v) is 2.71. The Kier molecular flexibility index (Phi) is 3.63. The van der Waals surface area contributed by atoms with Crippen molar-refractivity contribution in [2.75, 3.05) is 26.2 Å². The molecule has 4 nitrogen and oxygen atoms in total. The predicted molar refractivity (Wildman–Crippen MR) is 56.5 cm³/mol. The van der Waals surface area contributed by atoms with Crippen LogP contribution in [0.2, 0.25) is 0 Å². The van der Waals surface area contributed by atoms with Gasteiger partial charge in [-0.3, -0.25) is 4.99 Å². The molecule has 0 saturated carbocycles. The van der Waals surface area contributed by atoms with Gasteiger partial charge in [0.05, 0.1) is 12.6 Å². The first-order chi connectivity index (χ1) is 6.95. The lowest BCUT2D eigenvalue weighted by Gasteiger charge is -2.22. The minimum absolute atomic E-state index is 0.471. The molecule has 0 amide bonds. The molecule has 2 rings (SSSR count). The molecule has 0 aromatic carbocycles. The Bertz CT molecular complexity index is 200. The van der Waals surface area contributed by atoms with Gasteiger partial charge in [-0.15, -0.1) is 0 Å². The molecule has 1 unspecified atom stereocenters. The summed E-state index contributed by atoms with van der Waals surface area (Å²) in [5.74, 6) is 0.959. The van der Waals surface area contributed by atoms with Crippen LogP contribution in [0.15, 0.2) is 4.99 Å². The monoisotopic (exact) mass is 197 g/mol. The molecule has 2 heterocycles. The van der Waals surface area contributed by atoms with E-state index in [2.05, 4.69) is 15.6 Å². The third kappa shape index (κ3) is 2.87. The topological polar surface area (TPSA) is 45.7 Å². The van der Waals surface area contributed by atoms with Gasteiger partial charge in [0.1, 0.15) is 0 Å². The maximum absolute atomic E-state index is 5.64. The number of nitrogens with one attached hydrogen (secondary N) is 2. The Morgan fingerprint density at radius 3 is 3.21 bits per heavy atom. The van der Waals surface area contributed by atoms with Crippen molar-refractivity contribution in [3.63, 3.8) is 0 Å². The molecule has 14 heavy (non-hydrogen) atoms. The smallest absolute Gasteiger partial charge is 0.191 e. The van der Waals surface area contributed by atoms with E-state index in [4.69, 9.17) is 4.74 Å². The second-order valence-corrected chi connectivity index (χ2v) is 3.86. The van der Waals surface area contributed by atoms with E-state index < -0.39 is 0 Å². The van der Waals surface area contributed by atoms with Crippen LogP contribution in [0.3, 0.4) is 0 Å². The van der Waals surface area contributed by atoms with E-state index >= 15 is 0 Å². The third-order valence-electron chi connectivity index (χ3n) is 2.71. The molecule has 2 aliphatic heterocycles. The van der Waals surface area contributed by atoms with Crippen LogP contribution in [0.5, 0.6) is 0 Å². The van der Waals surface area contributed by atoms with Gasteiger partial charge in [-0.05, 0) is 25.7 Å². The van der Waals surface area contributed by atoms with Gasteiger partial charge in [-0.25, -0.2) is 0 Å². The predicted octanol–water partition coefficient (Wildman–Crippen LogP) is 0.494. The average molecular weight is 197 g/mol. The van der Waals surface area contributed by atoms with E-state index in [1.165, 1.54) is 19.3 Å². The van der Waals surface area contributed by atoms with Crippen LogP contribution in [0, 0.1) is 0 Å². The molecule has 0 spiro atoms. The SMILES string of the molecule is C1CCC(CCNC2=NCCN2)OC1. The van der Waals surface area contributed by atoms with Gasteiger partial charge in [-0.2, -0.15) is 0 Å². The highest BCUT2D eigenvalue weighted by atomic mass is 16.5. The van der Waals surface area contributed by atoms with E-state index in [1.54, 1.807) is 0 Å². The molecule has 80 valence electrons. The van der Waals surface area contributed by atoms with E-state index in [9.17, 15) is 0 Å². The molecule has 2 aliphatic rings. The minimum Gasteiger partial charge on any atom is -0.378 e. The fourth-order valence-electron chi connectivity index (χ4n) is 1.90. The Hall–Kier alpha value is -0.770. The lowest BCUT2D eigenvalue weighted by Crippen LogP contribution is -2.36. The van der Waals surface area contributed by atoms with Gasteiger partial charge in [0.2, 0.25) is 0 Å². The van der Waals surface area contributed by atoms with Gasteiger partial charge in [0, 0.05) is 19.7 Å². The Morgan fingerprint density at radius 1 is 1.50 bits per heavy atom. The van der Waals surface area contributed by atoms with E-state index in [1.807, 2.05) is 0 Å². The molecule has 1 atom stereocenters. The van der Waals surface area contributed by atoms with Crippen LogP contribution < -0.4 is 10.6 Å². The van der Waals surface area contributed by atoms with E-state index in [0.717, 1.165) is 38.6 Å². The van der Waals surface area contributed by atoms with Crippen molar-refractivity contribution in [3.05, 3.63) is 0 Å². The summed E-state index contributed by atoms with van der Waals surface area (Å²) in [6.07, 6.45) is 5.35. The summed E-state index contributed by atoms with van der Waals surface area (Å²) in [5.41, 5.74) is 0. The van der Waals surface area contributed by atoms with Crippen molar-refractivity contribution in [1.82, 2.24) is 10.6 Å². The van der Waals surface area contributed by atoms with Crippen molar-refractivity contribution in [1.29, 1.82) is 0 Å². The summed E-state index contributed by atoms with van der Waals surface area (Å²) in [5, 5.41) is 6.48. The second kappa shape index (κ2) is 5.20. The van der Waals surface area contributed by atoms with Crippen molar-refractivity contribution >= 4 is 5.96 Å². The molecule has 1 saturated heterocycles. The number of nitrogens with zero attached hydrogens (tertiary/aromatic N) is 1. The summed E-state index contributed by atoms with van der Waals surface area (Å²) in [6.45, 7) is 3.80. The van der Waals surface area contributed by atoms with Crippen molar-refractivity contribution in [2.45, 2.75) is 31.8 Å². The lowest BCUT2D eigenvalue weighted by atomic mass is 10.1. The number of rotatable bonds is 3. The average Bonchev–Trinajstić information content (AvgIpc) is 2.72. The number of ether oxygens (including phenoxy) is 1. The molecule has 0 radical (unpaired) electrons. The largest absolute Gasteiger partial charge is 0.378 e. The summed E-state index contributed by atoms with van der Waals surface area (Å²) < 4.78 is 5.64. The van der Waals surface area contributed by atoms with Crippen LogP contribution in [-0.4, -0.2) is 38.3 Å². The van der Waals surface area contributed by atoms with E-state index in [-0.39, 0.29) is 0 Å². The summed E-state index contributed by atoms with van der Waals surface area (Å²) >= 11 is 0. The van der Waals surface area contributed by atoms with Gasteiger partial charge < -0.3 is 15.4 Å². The Balaban J connectivity index is 1.57. The zero-order chi connectivity index (χ0) is 9.64. The molecule has 0 bridgehead atoms. The van der Waals surface area contributed by atoms with Crippen LogP contribution in [0.4, 0.5) is 0 Å². The first-order valence-electron chi connectivity index (χ1n) is 5.59. The van der Waals surface area contributed by atoms with Crippen LogP contribution in [0.25, 0.3) is 0 Å². The molecule has 4 heteroatoms. The summed E-state index contributed by atoms with van der Waals surface area (Å²) in [7, 11) is 0. The first-order valence-corrected chi connectivity index (χ1v) is 5.59. The highest BCUT2D eigenvalue weighted by Crippen LogP contribution is 2.14. The van der Waals surface area contributed by atoms with E-state index in [0.29, 0.717) is 6.10 Å². The minimum atomic E-state index is 0.471. The number of aliphatic imine (C=N–C) groups is 1. The summed E-state index contributed by atoms with van der Waals surface area (Å²) in [6, 6.07) is 0. The van der Waals surface area contributed by atoms with Gasteiger partial charge in [0.25, 0.3) is 0 Å². The van der Waals surface area contributed by atoms with Crippen LogP contribution in [0.1, 0.15) is 25.7 Å². The molecular formula is C10H19N3O. The van der Waals surface area contributed by atoms with Gasteiger partial charge in [-0.1, -0.05) is 0 Å². The molecule has 0 aromatic rings. The Morgan fingerprint density at radius 2 is 2.50 bits per heavy atom. The number of guanidine groups is 1. The quantitative estimate of drug-likeness (QED) is 0.692. The summed E-state index contributed by atoms with van der Waals surface area (Å²) in [4.78, 5) is 4.27. The fourth-order valence-corrected chi connectivity index (χ4v) is 1.90. The molecule has 0 aliphatic carbocycles. The zero-order valence-corrected chi connectivity index (χ0v) is 8.59. The molecule has 2 N–H and O–H groups in total. The lowest BCUT2D eigenvalue weighted by molar-refractivity contribution is 0.0122. The number of hydrogen-bond donors (Lipinski definition) is 2. The van der Waals surface area contributed by atoms with Crippen LogP contribution in [-0.2, 0) is 4.74 Å².